The summed E-state index contributed by atoms with van der Waals surface area (Å²) in [7, 11) is 0. The van der Waals surface area contributed by atoms with Crippen LogP contribution in [0.15, 0.2) is 18.2 Å². The Morgan fingerprint density at radius 3 is 2.85 bits per heavy atom. The van der Waals surface area contributed by atoms with Crippen LogP contribution in [-0.4, -0.2) is 18.1 Å². The van der Waals surface area contributed by atoms with Gasteiger partial charge in [-0.1, -0.05) is 19.9 Å². The molecule has 0 atom stereocenters. The molecule has 0 aliphatic heterocycles. The molecular formula is C15H20N2O3. The second-order valence-corrected chi connectivity index (χ2v) is 4.89. The molecule has 0 aromatic heterocycles. The monoisotopic (exact) mass is 276 g/mol. The van der Waals surface area contributed by atoms with E-state index in [0.29, 0.717) is 18.9 Å². The zero-order valence-electron chi connectivity index (χ0n) is 11.9. The van der Waals surface area contributed by atoms with E-state index in [0.717, 1.165) is 12.1 Å². The third-order valence-corrected chi connectivity index (χ3v) is 2.61. The summed E-state index contributed by atoms with van der Waals surface area (Å²) in [4.78, 5) is 10.6. The molecule has 0 unspecified atom stereocenters. The number of hydrogen-bond acceptors (Lipinski definition) is 4. The van der Waals surface area contributed by atoms with Crippen LogP contribution in [0.4, 0.5) is 5.69 Å². The number of rotatable bonds is 8. The highest BCUT2D eigenvalue weighted by Crippen LogP contribution is 2.28. The second kappa shape index (κ2) is 8.18. The minimum atomic E-state index is -0.433. The van der Waals surface area contributed by atoms with Crippen LogP contribution in [0, 0.1) is 28.4 Å². The smallest absolute Gasteiger partial charge is 0.311 e. The van der Waals surface area contributed by atoms with E-state index in [9.17, 15) is 10.1 Å². The Bertz CT molecular complexity index is 492. The highest BCUT2D eigenvalue weighted by molar-refractivity contribution is 5.48. The van der Waals surface area contributed by atoms with E-state index in [1.807, 2.05) is 6.07 Å². The van der Waals surface area contributed by atoms with Gasteiger partial charge in [-0.2, -0.15) is 0 Å². The molecule has 0 aliphatic rings. The van der Waals surface area contributed by atoms with Crippen molar-refractivity contribution in [3.05, 3.63) is 33.9 Å². The molecule has 0 heterocycles. The Hall–Kier alpha value is -2.06. The molecule has 0 saturated carbocycles. The molecule has 1 aromatic carbocycles. The van der Waals surface area contributed by atoms with Gasteiger partial charge < -0.3 is 10.1 Å². The van der Waals surface area contributed by atoms with Gasteiger partial charge in [0.2, 0.25) is 0 Å². The Kier molecular flexibility index (Phi) is 6.54. The van der Waals surface area contributed by atoms with Crippen molar-refractivity contribution in [2.45, 2.75) is 26.8 Å². The maximum atomic E-state index is 11.1. The maximum absolute atomic E-state index is 11.1. The van der Waals surface area contributed by atoms with Crippen LogP contribution in [0.1, 0.15) is 25.8 Å². The molecule has 20 heavy (non-hydrogen) atoms. The van der Waals surface area contributed by atoms with Crippen LogP contribution < -0.4 is 10.1 Å². The first-order valence-corrected chi connectivity index (χ1v) is 6.59. The van der Waals surface area contributed by atoms with E-state index in [1.54, 1.807) is 12.1 Å². The van der Waals surface area contributed by atoms with Crippen molar-refractivity contribution in [3.8, 4) is 18.1 Å². The fourth-order valence-electron chi connectivity index (χ4n) is 1.66. The van der Waals surface area contributed by atoms with E-state index in [1.165, 1.54) is 0 Å². The van der Waals surface area contributed by atoms with E-state index in [2.05, 4.69) is 25.1 Å². The third-order valence-electron chi connectivity index (χ3n) is 2.61. The highest BCUT2D eigenvalue weighted by atomic mass is 16.6. The predicted molar refractivity (Wildman–Crippen MR) is 78.6 cm³/mol. The van der Waals surface area contributed by atoms with Crippen LogP contribution in [0.25, 0.3) is 0 Å². The van der Waals surface area contributed by atoms with Gasteiger partial charge in [-0.05, 0) is 24.1 Å². The lowest BCUT2D eigenvalue weighted by atomic mass is 10.1. The SMILES string of the molecule is C#CCCOc1ccc(CNCC(C)C)cc1[N+](=O)[O-]. The number of nitro groups is 1. The standard InChI is InChI=1S/C15H20N2O3/c1-4-5-8-20-15-7-6-13(9-14(15)17(18)19)11-16-10-12(2)3/h1,6-7,9,12,16H,5,8,10-11H2,2-3H3. The highest BCUT2D eigenvalue weighted by Gasteiger charge is 2.15. The minimum Gasteiger partial charge on any atom is -0.486 e. The molecule has 0 saturated heterocycles. The zero-order chi connectivity index (χ0) is 15.0. The molecule has 108 valence electrons. The topological polar surface area (TPSA) is 64.4 Å². The van der Waals surface area contributed by atoms with Crippen molar-refractivity contribution < 1.29 is 9.66 Å². The number of nitro benzene ring substituents is 1. The van der Waals surface area contributed by atoms with Crippen LogP contribution in [0.2, 0.25) is 0 Å². The van der Waals surface area contributed by atoms with Gasteiger partial charge in [0.15, 0.2) is 5.75 Å². The zero-order valence-corrected chi connectivity index (χ0v) is 11.9. The van der Waals surface area contributed by atoms with Gasteiger partial charge in [0.05, 0.1) is 11.5 Å². The molecular weight excluding hydrogens is 256 g/mol. The van der Waals surface area contributed by atoms with Gasteiger partial charge >= 0.3 is 5.69 Å². The van der Waals surface area contributed by atoms with Crippen molar-refractivity contribution in [1.82, 2.24) is 5.32 Å². The molecule has 1 N–H and O–H groups in total. The number of benzene rings is 1. The molecule has 0 bridgehead atoms. The van der Waals surface area contributed by atoms with Crippen molar-refractivity contribution in [3.63, 3.8) is 0 Å². The largest absolute Gasteiger partial charge is 0.486 e. The van der Waals surface area contributed by atoms with Gasteiger partial charge in [-0.15, -0.1) is 12.3 Å². The van der Waals surface area contributed by atoms with Gasteiger partial charge in [0, 0.05) is 19.0 Å². The maximum Gasteiger partial charge on any atom is 0.311 e. The molecule has 0 spiro atoms. The number of nitrogens with zero attached hydrogens (tertiary/aromatic N) is 1. The average Bonchev–Trinajstić information content (AvgIpc) is 2.39. The van der Waals surface area contributed by atoms with E-state index in [-0.39, 0.29) is 18.0 Å². The lowest BCUT2D eigenvalue weighted by Gasteiger charge is -2.09. The fourth-order valence-corrected chi connectivity index (χ4v) is 1.66. The van der Waals surface area contributed by atoms with Crippen LogP contribution in [-0.2, 0) is 6.54 Å². The van der Waals surface area contributed by atoms with Crippen LogP contribution in [0.5, 0.6) is 5.75 Å². The molecule has 0 radical (unpaired) electrons. The molecule has 1 aromatic rings. The van der Waals surface area contributed by atoms with Crippen molar-refractivity contribution in [2.24, 2.45) is 5.92 Å². The van der Waals surface area contributed by atoms with Crippen molar-refractivity contribution in [1.29, 1.82) is 0 Å². The molecule has 5 heteroatoms. The summed E-state index contributed by atoms with van der Waals surface area (Å²) in [5, 5.41) is 14.3. The van der Waals surface area contributed by atoms with E-state index < -0.39 is 4.92 Å². The first kappa shape index (κ1) is 16.0. The Labute approximate surface area is 119 Å². The summed E-state index contributed by atoms with van der Waals surface area (Å²) in [5.41, 5.74) is 0.840. The lowest BCUT2D eigenvalue weighted by molar-refractivity contribution is -0.385. The van der Waals surface area contributed by atoms with Crippen LogP contribution >= 0.6 is 0 Å². The Morgan fingerprint density at radius 1 is 1.50 bits per heavy atom. The first-order chi connectivity index (χ1) is 9.54. The number of nitrogens with one attached hydrogen (secondary N) is 1. The number of terminal acetylenes is 1. The summed E-state index contributed by atoms with van der Waals surface area (Å²) in [6.07, 6.45) is 5.55. The summed E-state index contributed by atoms with van der Waals surface area (Å²) in [6.45, 7) is 5.97. The quantitative estimate of drug-likeness (QED) is 0.343. The number of ether oxygens (including phenoxy) is 1. The Morgan fingerprint density at radius 2 is 2.25 bits per heavy atom. The third kappa shape index (κ3) is 5.29. The lowest BCUT2D eigenvalue weighted by Crippen LogP contribution is -2.19. The van der Waals surface area contributed by atoms with E-state index in [4.69, 9.17) is 11.2 Å². The second-order valence-electron chi connectivity index (χ2n) is 4.89. The van der Waals surface area contributed by atoms with E-state index >= 15 is 0 Å². The predicted octanol–water partition coefficient (Wildman–Crippen LogP) is 2.74. The molecule has 1 rings (SSSR count). The summed E-state index contributed by atoms with van der Waals surface area (Å²) in [5.74, 6) is 3.23. The fraction of sp³-hybridized carbons (Fsp3) is 0.467. The van der Waals surface area contributed by atoms with Gasteiger partial charge in [0.1, 0.15) is 0 Å². The molecule has 5 nitrogen and oxygen atoms in total. The Balaban J connectivity index is 2.74. The summed E-state index contributed by atoms with van der Waals surface area (Å²) < 4.78 is 5.33. The first-order valence-electron chi connectivity index (χ1n) is 6.59. The molecule has 0 fully saturated rings. The summed E-state index contributed by atoms with van der Waals surface area (Å²) >= 11 is 0. The van der Waals surface area contributed by atoms with Gasteiger partial charge in [-0.25, -0.2) is 0 Å². The normalized spacial score (nSPS) is 10.3. The average molecular weight is 276 g/mol. The molecule has 0 aliphatic carbocycles. The van der Waals surface area contributed by atoms with Crippen LogP contribution in [0.3, 0.4) is 0 Å². The van der Waals surface area contributed by atoms with Gasteiger partial charge in [0.25, 0.3) is 0 Å². The summed E-state index contributed by atoms with van der Waals surface area (Å²) in [6, 6.07) is 4.99. The van der Waals surface area contributed by atoms with Gasteiger partial charge in [-0.3, -0.25) is 10.1 Å². The minimum absolute atomic E-state index is 0.0223. The van der Waals surface area contributed by atoms with Crippen molar-refractivity contribution in [2.75, 3.05) is 13.2 Å². The van der Waals surface area contributed by atoms with Crippen molar-refractivity contribution >= 4 is 5.69 Å². The molecule has 0 amide bonds. The number of hydrogen-bond donors (Lipinski definition) is 1.